The molecular formula is C15H18F3NO3S. The molecule has 1 aliphatic heterocycles. The predicted octanol–water partition coefficient (Wildman–Crippen LogP) is 2.32. The Bertz CT molecular complexity index is 545. The van der Waals surface area contributed by atoms with Gasteiger partial charge in [0.2, 0.25) is 0 Å². The molecule has 1 fully saturated rings. The second kappa shape index (κ2) is 7.55. The van der Waals surface area contributed by atoms with Crippen LogP contribution in [0.1, 0.15) is 22.3 Å². The third kappa shape index (κ3) is 4.86. The summed E-state index contributed by atoms with van der Waals surface area (Å²) in [6, 6.07) is 4.31. The van der Waals surface area contributed by atoms with Gasteiger partial charge in [-0.3, -0.25) is 4.79 Å². The minimum Gasteiger partial charge on any atom is -0.394 e. The van der Waals surface area contributed by atoms with E-state index in [1.807, 2.05) is 0 Å². The van der Waals surface area contributed by atoms with Crippen LogP contribution in [0.3, 0.4) is 0 Å². The van der Waals surface area contributed by atoms with Crippen molar-refractivity contribution in [3.63, 3.8) is 0 Å². The summed E-state index contributed by atoms with van der Waals surface area (Å²) in [5.74, 6) is 0.987. The highest BCUT2D eigenvalue weighted by Crippen LogP contribution is 2.31. The fourth-order valence-electron chi connectivity index (χ4n) is 2.34. The van der Waals surface area contributed by atoms with Gasteiger partial charge >= 0.3 is 6.18 Å². The Labute approximate surface area is 136 Å². The van der Waals surface area contributed by atoms with Gasteiger partial charge in [0.1, 0.15) is 0 Å². The van der Waals surface area contributed by atoms with Gasteiger partial charge in [0.15, 0.2) is 0 Å². The molecule has 1 saturated heterocycles. The number of rotatable bonds is 6. The zero-order valence-electron chi connectivity index (χ0n) is 12.4. The van der Waals surface area contributed by atoms with Crippen molar-refractivity contribution >= 4 is 17.7 Å². The third-order valence-corrected chi connectivity index (χ3v) is 4.81. The molecule has 1 unspecified atom stereocenters. The zero-order chi connectivity index (χ0) is 16.9. The van der Waals surface area contributed by atoms with Gasteiger partial charge in [-0.25, -0.2) is 0 Å². The van der Waals surface area contributed by atoms with Crippen LogP contribution in [0.25, 0.3) is 0 Å². The predicted molar refractivity (Wildman–Crippen MR) is 81.5 cm³/mol. The second-order valence-corrected chi connectivity index (χ2v) is 6.42. The average Bonchev–Trinajstić information content (AvgIpc) is 2.99. The quantitative estimate of drug-likeness (QED) is 0.828. The summed E-state index contributed by atoms with van der Waals surface area (Å²) in [5.41, 5.74) is -1.46. The van der Waals surface area contributed by atoms with Crippen molar-refractivity contribution in [3.05, 3.63) is 35.4 Å². The molecule has 1 atom stereocenters. The number of benzene rings is 1. The monoisotopic (exact) mass is 349 g/mol. The summed E-state index contributed by atoms with van der Waals surface area (Å²) in [4.78, 5) is 12.1. The number of carbonyl (C=O) groups is 1. The number of nitrogens with one attached hydrogen (secondary N) is 1. The molecule has 23 heavy (non-hydrogen) atoms. The number of aliphatic hydroxyl groups excluding tert-OH is 1. The maximum atomic E-state index is 12.7. The Morgan fingerprint density at radius 1 is 1.43 bits per heavy atom. The first-order valence-electron chi connectivity index (χ1n) is 7.14. The van der Waals surface area contributed by atoms with Crippen molar-refractivity contribution in [2.45, 2.75) is 18.2 Å². The Balaban J connectivity index is 2.01. The highest BCUT2D eigenvalue weighted by Gasteiger charge is 2.36. The van der Waals surface area contributed by atoms with Crippen molar-refractivity contribution in [1.29, 1.82) is 0 Å². The van der Waals surface area contributed by atoms with E-state index < -0.39 is 23.2 Å². The number of carbonyl (C=O) groups excluding carboxylic acids is 1. The summed E-state index contributed by atoms with van der Waals surface area (Å²) in [5, 5.41) is 11.5. The van der Waals surface area contributed by atoms with Gasteiger partial charge in [0.25, 0.3) is 5.91 Å². The van der Waals surface area contributed by atoms with Gasteiger partial charge in [0, 0.05) is 17.9 Å². The van der Waals surface area contributed by atoms with Gasteiger partial charge in [-0.2, -0.15) is 24.9 Å². The van der Waals surface area contributed by atoms with Gasteiger partial charge < -0.3 is 15.2 Å². The maximum absolute atomic E-state index is 12.7. The van der Waals surface area contributed by atoms with Gasteiger partial charge in [-0.15, -0.1) is 0 Å². The van der Waals surface area contributed by atoms with E-state index in [1.165, 1.54) is 12.1 Å². The summed E-state index contributed by atoms with van der Waals surface area (Å²) in [7, 11) is 0. The van der Waals surface area contributed by atoms with Crippen molar-refractivity contribution in [1.82, 2.24) is 5.32 Å². The lowest BCUT2D eigenvalue weighted by Gasteiger charge is -2.28. The van der Waals surface area contributed by atoms with Crippen LogP contribution in [-0.2, 0) is 10.9 Å². The van der Waals surface area contributed by atoms with Gasteiger partial charge in [-0.1, -0.05) is 6.07 Å². The van der Waals surface area contributed by atoms with E-state index in [9.17, 15) is 18.0 Å². The number of amides is 1. The van der Waals surface area contributed by atoms with Gasteiger partial charge in [0.05, 0.1) is 24.4 Å². The van der Waals surface area contributed by atoms with E-state index in [0.717, 1.165) is 24.3 Å². The molecule has 0 saturated carbocycles. The molecule has 8 heteroatoms. The number of ether oxygens (including phenoxy) is 1. The lowest BCUT2D eigenvalue weighted by atomic mass is 10.0. The lowest BCUT2D eigenvalue weighted by Crippen LogP contribution is -2.45. The van der Waals surface area contributed by atoms with Crippen LogP contribution in [0.5, 0.6) is 0 Å². The molecule has 0 bridgehead atoms. The SMILES string of the molecule is O=C(NCC1(OCCO)CCSC1)c1cccc(C(F)(F)F)c1. The van der Waals surface area contributed by atoms with E-state index >= 15 is 0 Å². The van der Waals surface area contributed by atoms with E-state index in [4.69, 9.17) is 9.84 Å². The van der Waals surface area contributed by atoms with Gasteiger partial charge in [-0.05, 0) is 30.4 Å². The van der Waals surface area contributed by atoms with E-state index in [2.05, 4.69) is 5.32 Å². The molecule has 2 rings (SSSR count). The number of halogens is 3. The molecule has 1 amide bonds. The first kappa shape index (κ1) is 18.1. The normalized spacial score (nSPS) is 21.4. The molecule has 0 aliphatic carbocycles. The number of alkyl halides is 3. The van der Waals surface area contributed by atoms with Crippen molar-refractivity contribution < 1.29 is 27.8 Å². The Kier molecular flexibility index (Phi) is 5.94. The van der Waals surface area contributed by atoms with Crippen LogP contribution in [0.4, 0.5) is 13.2 Å². The molecule has 0 radical (unpaired) electrons. The standard InChI is InChI=1S/C15H18F3NO3S/c16-15(17,18)12-3-1-2-11(8-12)13(21)19-9-14(22-6-5-20)4-7-23-10-14/h1-3,8,20H,4-7,9-10H2,(H,19,21). The molecular weight excluding hydrogens is 331 g/mol. The van der Waals surface area contributed by atoms with Crippen LogP contribution in [-0.4, -0.2) is 47.9 Å². The Morgan fingerprint density at radius 2 is 2.22 bits per heavy atom. The largest absolute Gasteiger partial charge is 0.416 e. The maximum Gasteiger partial charge on any atom is 0.416 e. The Hall–Kier alpha value is -1.25. The molecule has 1 aliphatic rings. The van der Waals surface area contributed by atoms with Crippen LogP contribution in [0, 0.1) is 0 Å². The molecule has 0 aromatic heterocycles. The topological polar surface area (TPSA) is 58.6 Å². The summed E-state index contributed by atoms with van der Waals surface area (Å²) < 4.78 is 43.7. The number of thioether (sulfide) groups is 1. The van der Waals surface area contributed by atoms with Crippen molar-refractivity contribution in [2.24, 2.45) is 0 Å². The number of hydrogen-bond donors (Lipinski definition) is 2. The van der Waals surface area contributed by atoms with Crippen LogP contribution in [0.2, 0.25) is 0 Å². The van der Waals surface area contributed by atoms with Crippen LogP contribution in [0.15, 0.2) is 24.3 Å². The fourth-order valence-corrected chi connectivity index (χ4v) is 3.70. The summed E-state index contributed by atoms with van der Waals surface area (Å²) >= 11 is 1.68. The van der Waals surface area contributed by atoms with Crippen molar-refractivity contribution in [3.8, 4) is 0 Å². The summed E-state index contributed by atoms with van der Waals surface area (Å²) in [6.07, 6.45) is -3.76. The number of hydrogen-bond acceptors (Lipinski definition) is 4. The van der Waals surface area contributed by atoms with E-state index in [-0.39, 0.29) is 25.3 Å². The first-order chi connectivity index (χ1) is 10.9. The highest BCUT2D eigenvalue weighted by molar-refractivity contribution is 7.99. The smallest absolute Gasteiger partial charge is 0.394 e. The molecule has 0 spiro atoms. The fraction of sp³-hybridized carbons (Fsp3) is 0.533. The molecule has 128 valence electrons. The van der Waals surface area contributed by atoms with Crippen LogP contribution >= 0.6 is 11.8 Å². The third-order valence-electron chi connectivity index (χ3n) is 3.59. The van der Waals surface area contributed by atoms with Crippen molar-refractivity contribution in [2.75, 3.05) is 31.3 Å². The Morgan fingerprint density at radius 3 is 2.83 bits per heavy atom. The van der Waals surface area contributed by atoms with E-state index in [1.54, 1.807) is 11.8 Å². The first-order valence-corrected chi connectivity index (χ1v) is 8.30. The molecule has 1 aromatic carbocycles. The molecule has 2 N–H and O–H groups in total. The highest BCUT2D eigenvalue weighted by atomic mass is 32.2. The number of aliphatic hydroxyl groups is 1. The summed E-state index contributed by atoms with van der Waals surface area (Å²) in [6.45, 7) is 0.253. The second-order valence-electron chi connectivity index (χ2n) is 5.32. The van der Waals surface area contributed by atoms with E-state index in [0.29, 0.717) is 5.75 Å². The minimum absolute atomic E-state index is 0.0391. The molecule has 1 heterocycles. The van der Waals surface area contributed by atoms with Crippen LogP contribution < -0.4 is 5.32 Å². The molecule has 1 aromatic rings. The molecule has 4 nitrogen and oxygen atoms in total. The minimum atomic E-state index is -4.48. The average molecular weight is 349 g/mol. The lowest BCUT2D eigenvalue weighted by molar-refractivity contribution is -0.137. The zero-order valence-corrected chi connectivity index (χ0v) is 13.2.